The monoisotopic (exact) mass is 277 g/mol. The molecule has 0 radical (unpaired) electrons. The molecule has 2 rings (SSSR count). The summed E-state index contributed by atoms with van der Waals surface area (Å²) >= 11 is 0. The van der Waals surface area contributed by atoms with Gasteiger partial charge in [-0.2, -0.15) is 4.98 Å². The van der Waals surface area contributed by atoms with Crippen LogP contribution in [0.25, 0.3) is 0 Å². The van der Waals surface area contributed by atoms with Crippen LogP contribution in [0.3, 0.4) is 0 Å². The highest BCUT2D eigenvalue weighted by atomic mass is 16.5. The van der Waals surface area contributed by atoms with Gasteiger partial charge in [-0.25, -0.2) is 4.98 Å². The van der Waals surface area contributed by atoms with Gasteiger partial charge >= 0.3 is 0 Å². The van der Waals surface area contributed by atoms with Gasteiger partial charge in [0, 0.05) is 17.8 Å². The maximum absolute atomic E-state index is 5.68. The zero-order valence-electron chi connectivity index (χ0n) is 13.3. The fraction of sp³-hybridized carbons (Fsp3) is 0.750. The van der Waals surface area contributed by atoms with Crippen LogP contribution in [0.15, 0.2) is 6.07 Å². The molecule has 4 nitrogen and oxygen atoms in total. The third kappa shape index (κ3) is 3.84. The molecule has 0 aromatic carbocycles. The topological polar surface area (TPSA) is 47.0 Å². The van der Waals surface area contributed by atoms with Gasteiger partial charge in [0.1, 0.15) is 0 Å². The summed E-state index contributed by atoms with van der Waals surface area (Å²) in [7, 11) is 0. The average Bonchev–Trinajstić information content (AvgIpc) is 2.33. The van der Waals surface area contributed by atoms with E-state index in [0.29, 0.717) is 23.8 Å². The molecule has 1 N–H and O–H groups in total. The third-order valence-electron chi connectivity index (χ3n) is 4.21. The van der Waals surface area contributed by atoms with Crippen LogP contribution < -0.4 is 10.1 Å². The second-order valence-electron chi connectivity index (χ2n) is 6.36. The SMILES string of the molecule is Cc1cc(OC(C)C)nc(NC2CCCC(C)C2C)n1. The predicted octanol–water partition coefficient (Wildman–Crippen LogP) is 3.81. The van der Waals surface area contributed by atoms with Crippen LogP contribution in [0.4, 0.5) is 5.95 Å². The van der Waals surface area contributed by atoms with Crippen LogP contribution in [0.5, 0.6) is 5.88 Å². The first-order valence-corrected chi connectivity index (χ1v) is 7.74. The number of nitrogens with zero attached hydrogens (tertiary/aromatic N) is 2. The lowest BCUT2D eigenvalue weighted by Crippen LogP contribution is -2.35. The van der Waals surface area contributed by atoms with Crippen molar-refractivity contribution in [2.75, 3.05) is 5.32 Å². The number of aryl methyl sites for hydroxylation is 1. The smallest absolute Gasteiger partial charge is 0.226 e. The molecule has 1 aromatic rings. The van der Waals surface area contributed by atoms with Crippen LogP contribution >= 0.6 is 0 Å². The summed E-state index contributed by atoms with van der Waals surface area (Å²) in [6.45, 7) is 10.7. The summed E-state index contributed by atoms with van der Waals surface area (Å²) in [5, 5.41) is 3.51. The van der Waals surface area contributed by atoms with Crippen molar-refractivity contribution >= 4 is 5.95 Å². The summed E-state index contributed by atoms with van der Waals surface area (Å²) in [5.74, 6) is 2.78. The standard InChI is InChI=1S/C16H27N3O/c1-10(2)20-15-9-12(4)17-16(19-15)18-14-8-6-7-11(3)13(14)5/h9-11,13-14H,6-8H2,1-5H3,(H,17,18,19). The Morgan fingerprint density at radius 2 is 2.00 bits per heavy atom. The van der Waals surface area contributed by atoms with E-state index in [1.54, 1.807) is 0 Å². The highest BCUT2D eigenvalue weighted by Gasteiger charge is 2.27. The highest BCUT2D eigenvalue weighted by molar-refractivity contribution is 5.32. The molecule has 0 spiro atoms. The molecule has 3 unspecified atom stereocenters. The van der Waals surface area contributed by atoms with E-state index in [1.807, 2.05) is 26.8 Å². The zero-order valence-corrected chi connectivity index (χ0v) is 13.3. The molecular weight excluding hydrogens is 250 g/mol. The Hall–Kier alpha value is -1.32. The Morgan fingerprint density at radius 3 is 2.70 bits per heavy atom. The summed E-state index contributed by atoms with van der Waals surface area (Å²) < 4.78 is 5.68. The lowest BCUT2D eigenvalue weighted by atomic mass is 9.78. The number of nitrogens with one attached hydrogen (secondary N) is 1. The Balaban J connectivity index is 2.10. The highest BCUT2D eigenvalue weighted by Crippen LogP contribution is 2.31. The van der Waals surface area contributed by atoms with E-state index in [4.69, 9.17) is 4.74 Å². The number of rotatable bonds is 4. The van der Waals surface area contributed by atoms with E-state index in [1.165, 1.54) is 19.3 Å². The van der Waals surface area contributed by atoms with Crippen molar-refractivity contribution in [2.24, 2.45) is 11.8 Å². The molecule has 1 aliphatic carbocycles. The van der Waals surface area contributed by atoms with Crippen LogP contribution in [-0.2, 0) is 0 Å². The van der Waals surface area contributed by atoms with E-state index >= 15 is 0 Å². The number of anilines is 1. The van der Waals surface area contributed by atoms with Crippen LogP contribution in [0.2, 0.25) is 0 Å². The van der Waals surface area contributed by atoms with Gasteiger partial charge in [-0.1, -0.05) is 26.7 Å². The van der Waals surface area contributed by atoms with Crippen molar-refractivity contribution in [3.05, 3.63) is 11.8 Å². The molecule has 1 fully saturated rings. The van der Waals surface area contributed by atoms with E-state index in [0.717, 1.165) is 11.6 Å². The van der Waals surface area contributed by atoms with Crippen LogP contribution in [-0.4, -0.2) is 22.1 Å². The summed E-state index contributed by atoms with van der Waals surface area (Å²) in [6, 6.07) is 2.35. The molecule has 4 heteroatoms. The second-order valence-corrected chi connectivity index (χ2v) is 6.36. The molecule has 0 amide bonds. The molecule has 1 aliphatic rings. The molecule has 20 heavy (non-hydrogen) atoms. The first-order chi connectivity index (χ1) is 9.45. The minimum atomic E-state index is 0.130. The summed E-state index contributed by atoms with van der Waals surface area (Å²) in [4.78, 5) is 8.98. The van der Waals surface area contributed by atoms with Gasteiger partial charge in [-0.15, -0.1) is 0 Å². The number of hydrogen-bond acceptors (Lipinski definition) is 4. The predicted molar refractivity (Wildman–Crippen MR) is 82.1 cm³/mol. The Labute approximate surface area is 122 Å². The second kappa shape index (κ2) is 6.42. The first-order valence-electron chi connectivity index (χ1n) is 7.74. The van der Waals surface area contributed by atoms with E-state index in [9.17, 15) is 0 Å². The minimum absolute atomic E-state index is 0.130. The van der Waals surface area contributed by atoms with Gasteiger partial charge in [-0.05, 0) is 39.0 Å². The molecule has 112 valence electrons. The summed E-state index contributed by atoms with van der Waals surface area (Å²) in [5.41, 5.74) is 0.940. The van der Waals surface area contributed by atoms with Gasteiger partial charge in [0.2, 0.25) is 11.8 Å². The molecule has 0 saturated heterocycles. The maximum atomic E-state index is 5.68. The van der Waals surface area contributed by atoms with Gasteiger partial charge in [0.15, 0.2) is 0 Å². The molecule has 0 aliphatic heterocycles. The number of ether oxygens (including phenoxy) is 1. The van der Waals surface area contributed by atoms with E-state index < -0.39 is 0 Å². The van der Waals surface area contributed by atoms with E-state index in [2.05, 4.69) is 29.1 Å². The largest absolute Gasteiger partial charge is 0.475 e. The van der Waals surface area contributed by atoms with Crippen LogP contribution in [0.1, 0.15) is 52.7 Å². The Kier molecular flexibility index (Phi) is 4.84. The number of hydrogen-bond donors (Lipinski definition) is 1. The minimum Gasteiger partial charge on any atom is -0.475 e. The molecule has 3 atom stereocenters. The average molecular weight is 277 g/mol. The van der Waals surface area contributed by atoms with Crippen molar-refractivity contribution < 1.29 is 4.74 Å². The summed E-state index contributed by atoms with van der Waals surface area (Å²) in [6.07, 6.45) is 3.94. The van der Waals surface area contributed by atoms with Crippen molar-refractivity contribution in [3.63, 3.8) is 0 Å². The molecule has 0 bridgehead atoms. The Bertz CT molecular complexity index is 447. The van der Waals surface area contributed by atoms with Crippen molar-refractivity contribution in [2.45, 2.75) is 66.0 Å². The molecule has 1 saturated carbocycles. The van der Waals surface area contributed by atoms with Crippen molar-refractivity contribution in [1.29, 1.82) is 0 Å². The quantitative estimate of drug-likeness (QED) is 0.909. The fourth-order valence-corrected chi connectivity index (χ4v) is 2.86. The fourth-order valence-electron chi connectivity index (χ4n) is 2.86. The van der Waals surface area contributed by atoms with Gasteiger partial charge in [0.25, 0.3) is 0 Å². The van der Waals surface area contributed by atoms with Gasteiger partial charge in [-0.3, -0.25) is 0 Å². The van der Waals surface area contributed by atoms with Crippen molar-refractivity contribution in [3.8, 4) is 5.88 Å². The van der Waals surface area contributed by atoms with Gasteiger partial charge in [0.05, 0.1) is 6.10 Å². The van der Waals surface area contributed by atoms with Crippen LogP contribution in [0, 0.1) is 18.8 Å². The normalized spacial score (nSPS) is 26.6. The molecule has 1 aromatic heterocycles. The third-order valence-corrected chi connectivity index (χ3v) is 4.21. The molecular formula is C16H27N3O. The van der Waals surface area contributed by atoms with Gasteiger partial charge < -0.3 is 10.1 Å². The molecule has 1 heterocycles. The first kappa shape index (κ1) is 15.1. The Morgan fingerprint density at radius 1 is 1.25 bits per heavy atom. The lowest BCUT2D eigenvalue weighted by Gasteiger charge is -2.34. The number of aromatic nitrogens is 2. The zero-order chi connectivity index (χ0) is 14.7. The van der Waals surface area contributed by atoms with E-state index in [-0.39, 0.29) is 6.10 Å². The maximum Gasteiger partial charge on any atom is 0.226 e. The van der Waals surface area contributed by atoms with Crippen molar-refractivity contribution in [1.82, 2.24) is 9.97 Å². The lowest BCUT2D eigenvalue weighted by molar-refractivity contribution is 0.231.